The van der Waals surface area contributed by atoms with E-state index in [4.69, 9.17) is 4.18 Å². The Kier molecular flexibility index (Phi) is 5.89. The van der Waals surface area contributed by atoms with Crippen LogP contribution in [0, 0.1) is 0 Å². The van der Waals surface area contributed by atoms with Gasteiger partial charge in [-0.2, -0.15) is 13.1 Å². The fourth-order valence-electron chi connectivity index (χ4n) is 2.37. The zero-order valence-electron chi connectivity index (χ0n) is 11.7. The first kappa shape index (κ1) is 15.8. The van der Waals surface area contributed by atoms with Crippen molar-refractivity contribution in [3.8, 4) is 0 Å². The molecular formula is C14H21NO3S2. The molecule has 0 unspecified atom stereocenters. The number of thioether (sulfide) groups is 1. The number of hydrogen-bond donors (Lipinski definition) is 1. The van der Waals surface area contributed by atoms with Crippen LogP contribution in [0.4, 0.5) is 0 Å². The summed E-state index contributed by atoms with van der Waals surface area (Å²) in [6.45, 7) is 0.0798. The van der Waals surface area contributed by atoms with E-state index < -0.39 is 10.3 Å². The van der Waals surface area contributed by atoms with Crippen molar-refractivity contribution in [2.75, 3.05) is 6.26 Å². The summed E-state index contributed by atoms with van der Waals surface area (Å²) < 4.78 is 31.5. The topological polar surface area (TPSA) is 55.4 Å². The normalized spacial score (nSPS) is 17.2. The van der Waals surface area contributed by atoms with Gasteiger partial charge in [0.05, 0.1) is 6.61 Å². The van der Waals surface area contributed by atoms with Crippen molar-refractivity contribution < 1.29 is 12.6 Å². The van der Waals surface area contributed by atoms with Gasteiger partial charge in [-0.3, -0.25) is 4.18 Å². The minimum Gasteiger partial charge on any atom is -0.253 e. The third-order valence-corrected chi connectivity index (χ3v) is 5.21. The van der Waals surface area contributed by atoms with Gasteiger partial charge in [-0.05, 0) is 36.8 Å². The highest BCUT2D eigenvalue weighted by Crippen LogP contribution is 2.19. The number of benzene rings is 1. The van der Waals surface area contributed by atoms with Crippen LogP contribution in [0.2, 0.25) is 0 Å². The van der Waals surface area contributed by atoms with Gasteiger partial charge in [-0.25, -0.2) is 0 Å². The zero-order chi connectivity index (χ0) is 14.4. The first-order valence-electron chi connectivity index (χ1n) is 6.89. The van der Waals surface area contributed by atoms with Crippen LogP contribution >= 0.6 is 11.8 Å². The Hall–Kier alpha value is -0.560. The molecule has 6 heteroatoms. The predicted octanol–water partition coefficient (Wildman–Crippen LogP) is 3.09. The predicted molar refractivity (Wildman–Crippen MR) is 81.9 cm³/mol. The van der Waals surface area contributed by atoms with Gasteiger partial charge in [0, 0.05) is 10.9 Å². The molecule has 2 rings (SSSR count). The lowest BCUT2D eigenvalue weighted by Gasteiger charge is -2.22. The van der Waals surface area contributed by atoms with E-state index >= 15 is 0 Å². The number of rotatable bonds is 6. The highest BCUT2D eigenvalue weighted by molar-refractivity contribution is 7.98. The second-order valence-corrected chi connectivity index (χ2v) is 7.28. The zero-order valence-corrected chi connectivity index (χ0v) is 13.3. The first-order chi connectivity index (χ1) is 9.59. The fourth-order valence-corrected chi connectivity index (χ4v) is 3.85. The van der Waals surface area contributed by atoms with Crippen LogP contribution in [0.3, 0.4) is 0 Å². The van der Waals surface area contributed by atoms with Crippen molar-refractivity contribution in [2.45, 2.75) is 49.6 Å². The van der Waals surface area contributed by atoms with E-state index in [0.717, 1.165) is 36.1 Å². The van der Waals surface area contributed by atoms with Crippen LogP contribution in [0.15, 0.2) is 29.2 Å². The van der Waals surface area contributed by atoms with Crippen molar-refractivity contribution in [1.82, 2.24) is 4.72 Å². The molecule has 1 aromatic rings. The molecule has 1 saturated carbocycles. The van der Waals surface area contributed by atoms with Crippen LogP contribution in [0.25, 0.3) is 0 Å². The average molecular weight is 315 g/mol. The van der Waals surface area contributed by atoms with Crippen LogP contribution in [0.5, 0.6) is 0 Å². The molecule has 0 aliphatic heterocycles. The third kappa shape index (κ3) is 5.09. The van der Waals surface area contributed by atoms with Crippen molar-refractivity contribution in [3.05, 3.63) is 29.8 Å². The molecule has 1 aromatic carbocycles. The maximum absolute atomic E-state index is 11.9. The Balaban J connectivity index is 1.87. The third-order valence-electron chi connectivity index (χ3n) is 3.43. The summed E-state index contributed by atoms with van der Waals surface area (Å²) in [5.41, 5.74) is 0.867. The molecule has 0 amide bonds. The minimum absolute atomic E-state index is 0.0336. The molecule has 1 aliphatic rings. The van der Waals surface area contributed by atoms with E-state index in [1.165, 1.54) is 6.42 Å². The SMILES string of the molecule is CSc1cccc(COS(=O)(=O)NC2CCCCC2)c1. The van der Waals surface area contributed by atoms with Gasteiger partial charge < -0.3 is 0 Å². The maximum Gasteiger partial charge on any atom is 0.336 e. The quantitative estimate of drug-likeness (QED) is 0.820. The summed E-state index contributed by atoms with van der Waals surface area (Å²) in [6.07, 6.45) is 7.17. The van der Waals surface area contributed by atoms with Gasteiger partial charge in [0.1, 0.15) is 0 Å². The highest BCUT2D eigenvalue weighted by Gasteiger charge is 2.20. The molecule has 0 spiro atoms. The van der Waals surface area contributed by atoms with Gasteiger partial charge in [0.25, 0.3) is 0 Å². The Morgan fingerprint density at radius 1 is 1.30 bits per heavy atom. The molecule has 112 valence electrons. The van der Waals surface area contributed by atoms with E-state index in [-0.39, 0.29) is 12.6 Å². The Labute approximate surface area is 125 Å². The monoisotopic (exact) mass is 315 g/mol. The average Bonchev–Trinajstić information content (AvgIpc) is 2.46. The number of nitrogens with one attached hydrogen (secondary N) is 1. The Bertz CT molecular complexity index is 525. The van der Waals surface area contributed by atoms with Crippen molar-refractivity contribution in [3.63, 3.8) is 0 Å². The summed E-state index contributed by atoms with van der Waals surface area (Å²) >= 11 is 1.62. The molecule has 0 radical (unpaired) electrons. The van der Waals surface area contributed by atoms with Gasteiger partial charge in [-0.1, -0.05) is 31.4 Å². The smallest absolute Gasteiger partial charge is 0.253 e. The second kappa shape index (κ2) is 7.45. The summed E-state index contributed by atoms with van der Waals surface area (Å²) in [4.78, 5) is 1.10. The lowest BCUT2D eigenvalue weighted by Crippen LogP contribution is -2.37. The van der Waals surface area contributed by atoms with E-state index in [1.807, 2.05) is 30.5 Å². The maximum atomic E-state index is 11.9. The summed E-state index contributed by atoms with van der Waals surface area (Å²) in [7, 11) is -3.66. The van der Waals surface area contributed by atoms with E-state index in [9.17, 15) is 8.42 Å². The van der Waals surface area contributed by atoms with Crippen molar-refractivity contribution >= 4 is 22.1 Å². The molecular weight excluding hydrogens is 294 g/mol. The Morgan fingerprint density at radius 2 is 2.05 bits per heavy atom. The largest absolute Gasteiger partial charge is 0.336 e. The molecule has 1 fully saturated rings. The summed E-state index contributed by atoms with van der Waals surface area (Å²) in [6, 6.07) is 7.75. The van der Waals surface area contributed by atoms with Gasteiger partial charge in [0.15, 0.2) is 0 Å². The lowest BCUT2D eigenvalue weighted by atomic mass is 9.96. The standard InChI is InChI=1S/C14H21NO3S2/c1-19-14-9-5-6-12(10-14)11-18-20(16,17)15-13-7-3-2-4-8-13/h5-6,9-10,13,15H,2-4,7-8,11H2,1H3. The van der Waals surface area contributed by atoms with Crippen molar-refractivity contribution in [1.29, 1.82) is 0 Å². The van der Waals surface area contributed by atoms with Gasteiger partial charge >= 0.3 is 10.3 Å². The molecule has 4 nitrogen and oxygen atoms in total. The van der Waals surface area contributed by atoms with Gasteiger partial charge in [-0.15, -0.1) is 11.8 Å². The van der Waals surface area contributed by atoms with Crippen LogP contribution in [-0.2, 0) is 21.1 Å². The van der Waals surface area contributed by atoms with Crippen LogP contribution in [-0.4, -0.2) is 20.7 Å². The molecule has 0 atom stereocenters. The minimum atomic E-state index is -3.66. The van der Waals surface area contributed by atoms with Gasteiger partial charge in [0.2, 0.25) is 0 Å². The lowest BCUT2D eigenvalue weighted by molar-refractivity contribution is 0.290. The Morgan fingerprint density at radius 3 is 2.75 bits per heavy atom. The molecule has 0 heterocycles. The van der Waals surface area contributed by atoms with E-state index in [1.54, 1.807) is 11.8 Å². The molecule has 0 saturated heterocycles. The second-order valence-electron chi connectivity index (χ2n) is 5.02. The highest BCUT2D eigenvalue weighted by atomic mass is 32.2. The molecule has 1 aliphatic carbocycles. The van der Waals surface area contributed by atoms with E-state index in [2.05, 4.69) is 4.72 Å². The summed E-state index contributed by atoms with van der Waals surface area (Å²) in [5.74, 6) is 0. The molecule has 1 N–H and O–H groups in total. The van der Waals surface area contributed by atoms with Crippen LogP contribution < -0.4 is 4.72 Å². The van der Waals surface area contributed by atoms with E-state index in [0.29, 0.717) is 0 Å². The fraction of sp³-hybridized carbons (Fsp3) is 0.571. The summed E-state index contributed by atoms with van der Waals surface area (Å²) in [5, 5.41) is 0. The van der Waals surface area contributed by atoms with Crippen molar-refractivity contribution in [2.24, 2.45) is 0 Å². The molecule has 0 aromatic heterocycles. The number of hydrogen-bond acceptors (Lipinski definition) is 4. The molecule has 20 heavy (non-hydrogen) atoms. The molecule has 0 bridgehead atoms. The van der Waals surface area contributed by atoms with Crippen LogP contribution in [0.1, 0.15) is 37.7 Å². The first-order valence-corrected chi connectivity index (χ1v) is 9.52.